The highest BCUT2D eigenvalue weighted by molar-refractivity contribution is 7.89. The van der Waals surface area contributed by atoms with E-state index in [1.807, 2.05) is 6.92 Å². The monoisotopic (exact) mass is 391 g/mol. The Morgan fingerprint density at radius 1 is 1.11 bits per heavy atom. The summed E-state index contributed by atoms with van der Waals surface area (Å²) in [7, 11) is -3.64. The maximum Gasteiger partial charge on any atom is 0.272 e. The molecule has 1 amide bonds. The van der Waals surface area contributed by atoms with Gasteiger partial charge in [-0.3, -0.25) is 9.59 Å². The lowest BCUT2D eigenvalue weighted by molar-refractivity contribution is 0.101. The summed E-state index contributed by atoms with van der Waals surface area (Å²) in [5.74, 6) is -0.591. The van der Waals surface area contributed by atoms with E-state index in [2.05, 4.69) is 10.3 Å². The third kappa shape index (κ3) is 4.28. The maximum atomic E-state index is 12.8. The number of hydrogen-bond donors (Lipinski definition) is 2. The Balaban J connectivity index is 2.41. The largest absolute Gasteiger partial charge is 0.356 e. The van der Waals surface area contributed by atoms with Crippen molar-refractivity contribution in [2.24, 2.45) is 0 Å². The summed E-state index contributed by atoms with van der Waals surface area (Å²) in [6.45, 7) is 9.32. The fourth-order valence-electron chi connectivity index (χ4n) is 2.74. The molecule has 0 unspecified atom stereocenters. The van der Waals surface area contributed by atoms with Crippen molar-refractivity contribution < 1.29 is 18.0 Å². The van der Waals surface area contributed by atoms with Gasteiger partial charge in [0.05, 0.1) is 4.90 Å². The van der Waals surface area contributed by atoms with E-state index in [0.717, 1.165) is 11.1 Å². The second-order valence-corrected chi connectivity index (χ2v) is 8.25. The number of carbonyl (C=O) groups excluding carboxylic acids is 2. The molecule has 27 heavy (non-hydrogen) atoms. The molecule has 2 rings (SSSR count). The highest BCUT2D eigenvalue weighted by Crippen LogP contribution is 2.26. The van der Waals surface area contributed by atoms with E-state index in [1.165, 1.54) is 29.6 Å². The molecule has 8 heteroatoms. The van der Waals surface area contributed by atoms with Gasteiger partial charge in [-0.2, -0.15) is 4.31 Å². The first-order chi connectivity index (χ1) is 12.6. The number of Topliss-reactive ketones (excluding diaryl/α,β-unsaturated/α-hetero) is 1. The Kier molecular flexibility index (Phi) is 6.22. The van der Waals surface area contributed by atoms with Gasteiger partial charge in [0.25, 0.3) is 5.91 Å². The number of aromatic amines is 1. The molecule has 0 aliphatic carbocycles. The van der Waals surface area contributed by atoms with Gasteiger partial charge in [-0.05, 0) is 50.1 Å². The second-order valence-electron chi connectivity index (χ2n) is 6.31. The van der Waals surface area contributed by atoms with Gasteiger partial charge in [0.2, 0.25) is 10.0 Å². The fourth-order valence-corrected chi connectivity index (χ4v) is 4.31. The van der Waals surface area contributed by atoms with Gasteiger partial charge in [0.15, 0.2) is 5.78 Å². The molecule has 0 spiro atoms. The number of nitrogens with zero attached hydrogens (tertiary/aromatic N) is 1. The van der Waals surface area contributed by atoms with Crippen molar-refractivity contribution in [3.63, 3.8) is 0 Å². The van der Waals surface area contributed by atoms with Crippen molar-refractivity contribution in [1.82, 2.24) is 9.29 Å². The lowest BCUT2D eigenvalue weighted by Gasteiger charge is -2.20. The van der Waals surface area contributed by atoms with E-state index in [4.69, 9.17) is 0 Å². The SMILES string of the molecule is CCN(CC)S(=O)(=O)c1cc(C)c(C)c(NC(=O)c2cc(C(C)=O)c[nH]2)c1. The number of nitrogens with one attached hydrogen (secondary N) is 2. The number of carbonyl (C=O) groups is 2. The fraction of sp³-hybridized carbons (Fsp3) is 0.368. The summed E-state index contributed by atoms with van der Waals surface area (Å²) >= 11 is 0. The second kappa shape index (κ2) is 8.06. The van der Waals surface area contributed by atoms with Crippen molar-refractivity contribution >= 4 is 27.4 Å². The normalized spacial score (nSPS) is 11.6. The average Bonchev–Trinajstić information content (AvgIpc) is 3.10. The van der Waals surface area contributed by atoms with E-state index in [1.54, 1.807) is 26.8 Å². The van der Waals surface area contributed by atoms with Crippen LogP contribution in [-0.2, 0) is 10.0 Å². The minimum atomic E-state index is -3.64. The summed E-state index contributed by atoms with van der Waals surface area (Å²) in [6.07, 6.45) is 1.47. The Morgan fingerprint density at radius 2 is 1.74 bits per heavy atom. The first-order valence-electron chi connectivity index (χ1n) is 8.73. The summed E-state index contributed by atoms with van der Waals surface area (Å²) in [5, 5.41) is 2.74. The van der Waals surface area contributed by atoms with Gasteiger partial charge in [-0.1, -0.05) is 13.8 Å². The van der Waals surface area contributed by atoms with Crippen LogP contribution in [0, 0.1) is 13.8 Å². The zero-order valence-corrected chi connectivity index (χ0v) is 17.0. The zero-order valence-electron chi connectivity index (χ0n) is 16.2. The average molecular weight is 391 g/mol. The lowest BCUT2D eigenvalue weighted by Crippen LogP contribution is -2.30. The van der Waals surface area contributed by atoms with Gasteiger partial charge < -0.3 is 10.3 Å². The minimum absolute atomic E-state index is 0.139. The number of hydrogen-bond acceptors (Lipinski definition) is 4. The third-order valence-corrected chi connectivity index (χ3v) is 6.59. The van der Waals surface area contributed by atoms with Crippen LogP contribution in [0.2, 0.25) is 0 Å². The van der Waals surface area contributed by atoms with Crippen molar-refractivity contribution in [2.75, 3.05) is 18.4 Å². The molecule has 1 heterocycles. The molecule has 0 radical (unpaired) electrons. The summed E-state index contributed by atoms with van der Waals surface area (Å²) in [5.41, 5.74) is 2.60. The number of aryl methyl sites for hydroxylation is 1. The van der Waals surface area contributed by atoms with Crippen molar-refractivity contribution in [2.45, 2.75) is 39.5 Å². The molecule has 0 bridgehead atoms. The smallest absolute Gasteiger partial charge is 0.272 e. The number of aromatic nitrogens is 1. The van der Waals surface area contributed by atoms with E-state index in [0.29, 0.717) is 24.3 Å². The van der Waals surface area contributed by atoms with Gasteiger partial charge in [0, 0.05) is 30.5 Å². The van der Waals surface area contributed by atoms with Gasteiger partial charge >= 0.3 is 0 Å². The van der Waals surface area contributed by atoms with Crippen LogP contribution in [-0.4, -0.2) is 42.5 Å². The van der Waals surface area contributed by atoms with Gasteiger partial charge in [-0.15, -0.1) is 0 Å². The third-order valence-electron chi connectivity index (χ3n) is 4.57. The minimum Gasteiger partial charge on any atom is -0.356 e. The molecule has 0 saturated carbocycles. The number of anilines is 1. The molecular formula is C19H25N3O4S. The highest BCUT2D eigenvalue weighted by atomic mass is 32.2. The Morgan fingerprint density at radius 3 is 2.26 bits per heavy atom. The van der Waals surface area contributed by atoms with Crippen molar-refractivity contribution in [3.8, 4) is 0 Å². The van der Waals surface area contributed by atoms with E-state index in [9.17, 15) is 18.0 Å². The molecule has 1 aromatic carbocycles. The first-order valence-corrected chi connectivity index (χ1v) is 10.2. The molecule has 0 atom stereocenters. The summed E-state index contributed by atoms with van der Waals surface area (Å²) in [4.78, 5) is 26.8. The number of amides is 1. The Hall–Kier alpha value is -2.45. The lowest BCUT2D eigenvalue weighted by atomic mass is 10.1. The molecular weight excluding hydrogens is 366 g/mol. The molecule has 146 valence electrons. The van der Waals surface area contributed by atoms with Crippen LogP contribution in [0.15, 0.2) is 29.3 Å². The van der Waals surface area contributed by atoms with Crippen LogP contribution < -0.4 is 5.32 Å². The molecule has 0 fully saturated rings. The van der Waals surface area contributed by atoms with Crippen LogP contribution >= 0.6 is 0 Å². The summed E-state index contributed by atoms with van der Waals surface area (Å²) in [6, 6.07) is 4.56. The van der Waals surface area contributed by atoms with Crippen molar-refractivity contribution in [3.05, 3.63) is 46.8 Å². The zero-order chi connectivity index (χ0) is 20.4. The molecule has 2 aromatic rings. The van der Waals surface area contributed by atoms with E-state index in [-0.39, 0.29) is 16.4 Å². The standard InChI is InChI=1S/C19H25N3O4S/c1-6-22(7-2)27(25,26)16-8-12(3)13(4)17(10-16)21-19(24)18-9-15(11-20-18)14(5)23/h8-11,20H,6-7H2,1-5H3,(H,21,24). The number of ketones is 1. The maximum absolute atomic E-state index is 12.8. The predicted molar refractivity (Wildman–Crippen MR) is 105 cm³/mol. The number of H-pyrrole nitrogens is 1. The van der Waals surface area contributed by atoms with Gasteiger partial charge in [-0.25, -0.2) is 8.42 Å². The van der Waals surface area contributed by atoms with Crippen LogP contribution in [0.3, 0.4) is 0 Å². The molecule has 2 N–H and O–H groups in total. The molecule has 1 aromatic heterocycles. The number of benzene rings is 1. The first kappa shape index (κ1) is 20.9. The highest BCUT2D eigenvalue weighted by Gasteiger charge is 2.24. The van der Waals surface area contributed by atoms with E-state index < -0.39 is 15.9 Å². The molecule has 0 saturated heterocycles. The van der Waals surface area contributed by atoms with Crippen LogP contribution in [0.1, 0.15) is 52.7 Å². The van der Waals surface area contributed by atoms with Crippen molar-refractivity contribution in [1.29, 1.82) is 0 Å². The number of rotatable bonds is 7. The Bertz CT molecular complexity index is 973. The summed E-state index contributed by atoms with van der Waals surface area (Å²) < 4.78 is 27.0. The topological polar surface area (TPSA) is 99.3 Å². The van der Waals surface area contributed by atoms with Gasteiger partial charge in [0.1, 0.15) is 5.69 Å². The van der Waals surface area contributed by atoms with Crippen LogP contribution in [0.25, 0.3) is 0 Å². The number of sulfonamides is 1. The Labute approximate surface area is 159 Å². The quantitative estimate of drug-likeness (QED) is 0.708. The molecule has 7 nitrogen and oxygen atoms in total. The van der Waals surface area contributed by atoms with Crippen LogP contribution in [0.5, 0.6) is 0 Å². The molecule has 0 aliphatic rings. The van der Waals surface area contributed by atoms with E-state index >= 15 is 0 Å². The predicted octanol–water partition coefficient (Wildman–Crippen LogP) is 3.12. The van der Waals surface area contributed by atoms with Crippen LogP contribution in [0.4, 0.5) is 5.69 Å². The molecule has 0 aliphatic heterocycles.